The van der Waals surface area contributed by atoms with Gasteiger partial charge in [0.05, 0.1) is 23.6 Å². The highest BCUT2D eigenvalue weighted by molar-refractivity contribution is 5.94. The van der Waals surface area contributed by atoms with Gasteiger partial charge in [-0.1, -0.05) is 6.07 Å². The molecule has 0 spiro atoms. The molecule has 1 aliphatic rings. The van der Waals surface area contributed by atoms with Crippen molar-refractivity contribution in [2.24, 2.45) is 0 Å². The second-order valence-electron chi connectivity index (χ2n) is 5.86. The van der Waals surface area contributed by atoms with Crippen molar-refractivity contribution in [3.63, 3.8) is 0 Å². The summed E-state index contributed by atoms with van der Waals surface area (Å²) in [6.45, 7) is -0.353. The van der Waals surface area contributed by atoms with Crippen LogP contribution in [0, 0.1) is 12.7 Å². The molecule has 2 aromatic rings. The van der Waals surface area contributed by atoms with E-state index in [4.69, 9.17) is 0 Å². The predicted octanol–water partition coefficient (Wildman–Crippen LogP) is 2.88. The maximum Gasteiger partial charge on any atom is 0.388 e. The Kier molecular flexibility index (Phi) is 4.88. The van der Waals surface area contributed by atoms with Crippen LogP contribution in [0.3, 0.4) is 0 Å². The van der Waals surface area contributed by atoms with E-state index >= 15 is 0 Å². The molecule has 1 amide bonds. The summed E-state index contributed by atoms with van der Waals surface area (Å²) < 4.78 is 41.9. The lowest BCUT2D eigenvalue weighted by Crippen LogP contribution is -2.25. The number of benzene rings is 1. The number of nitrogens with one attached hydrogen (secondary N) is 2. The van der Waals surface area contributed by atoms with E-state index in [9.17, 15) is 18.0 Å². The van der Waals surface area contributed by atoms with Crippen LogP contribution < -0.4 is 20.3 Å². The number of aromatic nitrogens is 1. The highest BCUT2D eigenvalue weighted by Gasteiger charge is 2.21. The second-order valence-corrected chi connectivity index (χ2v) is 5.86. The van der Waals surface area contributed by atoms with Crippen molar-refractivity contribution < 1.29 is 22.7 Å². The number of halogens is 3. The lowest BCUT2D eigenvalue weighted by atomic mass is 10.0. The number of hydrogen-bond donors (Lipinski definition) is 2. The van der Waals surface area contributed by atoms with Crippen molar-refractivity contribution in [3.05, 3.63) is 46.9 Å². The summed E-state index contributed by atoms with van der Waals surface area (Å²) in [5.74, 6) is -2.54. The minimum Gasteiger partial charge on any atom is -0.414 e. The molecule has 0 saturated carbocycles. The van der Waals surface area contributed by atoms with E-state index in [0.717, 1.165) is 34.8 Å². The third kappa shape index (κ3) is 3.51. The molecule has 0 fully saturated rings. The summed E-state index contributed by atoms with van der Waals surface area (Å²) >= 11 is 0. The van der Waals surface area contributed by atoms with E-state index in [1.165, 1.54) is 0 Å². The van der Waals surface area contributed by atoms with Crippen LogP contribution in [0.4, 0.5) is 24.5 Å². The average Bonchev–Trinajstić information content (AvgIpc) is 2.96. The third-order valence-electron chi connectivity index (χ3n) is 4.10. The predicted molar refractivity (Wildman–Crippen MR) is 90.1 cm³/mol. The molecule has 138 valence electrons. The molecule has 6 nitrogen and oxygen atoms in total. The molecule has 0 aliphatic carbocycles. The van der Waals surface area contributed by atoms with Crippen LogP contribution in [0.1, 0.15) is 21.5 Å². The fraction of sp³-hybridized carbons (Fsp3) is 0.294. The number of rotatable bonds is 5. The van der Waals surface area contributed by atoms with Crippen molar-refractivity contribution >= 4 is 17.3 Å². The van der Waals surface area contributed by atoms with Gasteiger partial charge in [0.25, 0.3) is 11.8 Å². The van der Waals surface area contributed by atoms with E-state index in [0.29, 0.717) is 6.67 Å². The van der Waals surface area contributed by atoms with E-state index in [1.807, 2.05) is 31.0 Å². The van der Waals surface area contributed by atoms with Gasteiger partial charge in [-0.3, -0.25) is 4.79 Å². The molecule has 3 rings (SSSR count). The lowest BCUT2D eigenvalue weighted by molar-refractivity contribution is -0.0553. The third-order valence-corrected chi connectivity index (χ3v) is 4.10. The summed E-state index contributed by atoms with van der Waals surface area (Å²) in [4.78, 5) is 17.7. The summed E-state index contributed by atoms with van der Waals surface area (Å²) in [7, 11) is 1.94. The molecule has 1 aromatic heterocycles. The van der Waals surface area contributed by atoms with Gasteiger partial charge in [0.1, 0.15) is 0 Å². The first kappa shape index (κ1) is 17.8. The van der Waals surface area contributed by atoms with Gasteiger partial charge < -0.3 is 20.3 Å². The molecule has 2 heterocycles. The molecule has 2 N–H and O–H groups in total. The van der Waals surface area contributed by atoms with Gasteiger partial charge in [-0.05, 0) is 30.2 Å². The van der Waals surface area contributed by atoms with Crippen molar-refractivity contribution in [2.45, 2.75) is 20.1 Å². The number of pyridine rings is 1. The Morgan fingerprint density at radius 3 is 2.92 bits per heavy atom. The van der Waals surface area contributed by atoms with Crippen LogP contribution >= 0.6 is 0 Å². The molecule has 26 heavy (non-hydrogen) atoms. The smallest absolute Gasteiger partial charge is 0.388 e. The van der Waals surface area contributed by atoms with Gasteiger partial charge in [-0.2, -0.15) is 8.78 Å². The first-order valence-corrected chi connectivity index (χ1v) is 7.83. The van der Waals surface area contributed by atoms with Crippen LogP contribution in [0.5, 0.6) is 5.88 Å². The van der Waals surface area contributed by atoms with Crippen molar-refractivity contribution in [1.82, 2.24) is 10.3 Å². The highest BCUT2D eigenvalue weighted by Crippen LogP contribution is 2.35. The molecule has 1 aliphatic heterocycles. The van der Waals surface area contributed by atoms with Gasteiger partial charge in [0, 0.05) is 19.8 Å². The number of aryl methyl sites for hydroxylation is 1. The van der Waals surface area contributed by atoms with Crippen LogP contribution in [-0.2, 0) is 6.54 Å². The summed E-state index contributed by atoms with van der Waals surface area (Å²) in [6.07, 6.45) is 0.992. The molecule has 0 radical (unpaired) electrons. The summed E-state index contributed by atoms with van der Waals surface area (Å²) in [5.41, 5.74) is 3.83. The average molecular weight is 366 g/mol. The van der Waals surface area contributed by atoms with Gasteiger partial charge in [0.15, 0.2) is 5.82 Å². The van der Waals surface area contributed by atoms with Gasteiger partial charge in [0.2, 0.25) is 0 Å². The van der Waals surface area contributed by atoms with Crippen LogP contribution in [0.15, 0.2) is 24.4 Å². The molecule has 9 heteroatoms. The first-order chi connectivity index (χ1) is 12.4. The fourth-order valence-corrected chi connectivity index (χ4v) is 2.81. The normalized spacial score (nSPS) is 12.8. The largest absolute Gasteiger partial charge is 0.414 e. The molecule has 1 aromatic carbocycles. The molecule has 0 atom stereocenters. The Bertz CT molecular complexity index is 845. The van der Waals surface area contributed by atoms with Crippen LogP contribution in [0.2, 0.25) is 0 Å². The number of anilines is 2. The summed E-state index contributed by atoms with van der Waals surface area (Å²) in [5, 5.41) is 5.95. The highest BCUT2D eigenvalue weighted by atomic mass is 19.3. The second kappa shape index (κ2) is 7.11. The zero-order chi connectivity index (χ0) is 18.8. The van der Waals surface area contributed by atoms with E-state index in [2.05, 4.69) is 20.4 Å². The topological polar surface area (TPSA) is 66.5 Å². The maximum absolute atomic E-state index is 13.7. The number of fused-ring (bicyclic) bond motifs is 1. The Hall–Kier alpha value is -2.97. The number of hydrogen-bond acceptors (Lipinski definition) is 5. The van der Waals surface area contributed by atoms with Crippen molar-refractivity contribution in [1.29, 1.82) is 0 Å². The monoisotopic (exact) mass is 366 g/mol. The molecule has 0 unspecified atom stereocenters. The van der Waals surface area contributed by atoms with Crippen molar-refractivity contribution in [2.75, 3.05) is 23.9 Å². The van der Waals surface area contributed by atoms with Crippen molar-refractivity contribution in [3.8, 4) is 5.88 Å². The first-order valence-electron chi connectivity index (χ1n) is 7.83. The zero-order valence-corrected chi connectivity index (χ0v) is 14.1. The summed E-state index contributed by atoms with van der Waals surface area (Å²) in [6, 6.07) is 4.74. The fourth-order valence-electron chi connectivity index (χ4n) is 2.81. The van der Waals surface area contributed by atoms with E-state index < -0.39 is 24.2 Å². The number of carbonyl (C=O) groups is 1. The molecule has 0 bridgehead atoms. The number of carbonyl (C=O) groups excluding carboxylic acids is 1. The Balaban J connectivity index is 1.74. The Morgan fingerprint density at radius 1 is 1.46 bits per heavy atom. The van der Waals surface area contributed by atoms with E-state index in [-0.39, 0.29) is 12.1 Å². The Labute approximate surface area is 148 Å². The van der Waals surface area contributed by atoms with Crippen LogP contribution in [-0.4, -0.2) is 31.2 Å². The van der Waals surface area contributed by atoms with Gasteiger partial charge >= 0.3 is 6.61 Å². The van der Waals surface area contributed by atoms with Crippen LogP contribution in [0.25, 0.3) is 0 Å². The minimum atomic E-state index is -3.19. The number of alkyl halides is 2. The minimum absolute atomic E-state index is 0.0826. The van der Waals surface area contributed by atoms with Gasteiger partial charge in [-0.25, -0.2) is 9.37 Å². The zero-order valence-electron chi connectivity index (χ0n) is 14.1. The number of nitrogens with zero attached hydrogens (tertiary/aromatic N) is 2. The van der Waals surface area contributed by atoms with Gasteiger partial charge in [-0.15, -0.1) is 0 Å². The Morgan fingerprint density at radius 2 is 2.23 bits per heavy atom. The SMILES string of the molecule is Cc1ccc2c(c1CNC(=O)c1cnc(OC(F)F)c(F)c1)N(C)CN2. The number of ether oxygens (including phenoxy) is 1. The molecule has 0 saturated heterocycles. The number of amides is 1. The van der Waals surface area contributed by atoms with E-state index in [1.54, 1.807) is 0 Å². The molecular formula is C17H17F3N4O2. The maximum atomic E-state index is 13.7. The lowest BCUT2D eigenvalue weighted by Gasteiger charge is -2.18. The standard InChI is InChI=1S/C17H17F3N4O2/c1-9-3-4-13-14(24(2)8-23-13)11(9)7-21-15(25)10-5-12(18)16(22-6-10)26-17(19)20/h3-6,17,23H,7-8H2,1-2H3,(H,21,25). The quantitative estimate of drug-likeness (QED) is 0.852. The molecular weight excluding hydrogens is 349 g/mol.